The number of rotatable bonds is 4. The lowest BCUT2D eigenvalue weighted by molar-refractivity contribution is 0.305. The van der Waals surface area contributed by atoms with Gasteiger partial charge in [-0.2, -0.15) is 0 Å². The Balaban J connectivity index is 1.61. The number of anilines is 1. The van der Waals surface area contributed by atoms with E-state index in [4.69, 9.17) is 9.72 Å². The second-order valence-corrected chi connectivity index (χ2v) is 6.57. The van der Waals surface area contributed by atoms with Crippen molar-refractivity contribution < 1.29 is 9.13 Å². The molecule has 0 unspecified atom stereocenters. The molecule has 2 heterocycles. The standard InChI is InChI=1S/C21H21FN2O/c1-15-11-21(24-9-2-3-10-24)19-8-7-16(12-20(19)23-15)14-25-18-6-4-5-17(22)13-18/h4-8,11-13H,2-3,9-10,14H2,1H3. The molecule has 25 heavy (non-hydrogen) atoms. The summed E-state index contributed by atoms with van der Waals surface area (Å²) in [5.74, 6) is 0.249. The van der Waals surface area contributed by atoms with Crippen molar-refractivity contribution in [3.63, 3.8) is 0 Å². The number of pyridine rings is 1. The lowest BCUT2D eigenvalue weighted by Crippen LogP contribution is -2.18. The van der Waals surface area contributed by atoms with Gasteiger partial charge in [0.05, 0.1) is 5.52 Å². The highest BCUT2D eigenvalue weighted by Gasteiger charge is 2.16. The van der Waals surface area contributed by atoms with Crippen LogP contribution in [0.1, 0.15) is 24.1 Å². The number of fused-ring (bicyclic) bond motifs is 1. The molecular formula is C21H21FN2O. The summed E-state index contributed by atoms with van der Waals surface area (Å²) >= 11 is 0. The fraction of sp³-hybridized carbons (Fsp3) is 0.286. The Labute approximate surface area is 147 Å². The summed E-state index contributed by atoms with van der Waals surface area (Å²) in [5.41, 5.74) is 4.32. The van der Waals surface area contributed by atoms with Crippen LogP contribution in [0.15, 0.2) is 48.5 Å². The zero-order valence-electron chi connectivity index (χ0n) is 14.3. The highest BCUT2D eigenvalue weighted by atomic mass is 19.1. The molecule has 0 N–H and O–H groups in total. The lowest BCUT2D eigenvalue weighted by Gasteiger charge is -2.20. The summed E-state index contributed by atoms with van der Waals surface area (Å²) in [7, 11) is 0. The third-order valence-electron chi connectivity index (χ3n) is 4.63. The summed E-state index contributed by atoms with van der Waals surface area (Å²) in [6, 6.07) is 14.7. The van der Waals surface area contributed by atoms with Gasteiger partial charge in [0, 0.05) is 35.9 Å². The van der Waals surface area contributed by atoms with Gasteiger partial charge in [0.2, 0.25) is 0 Å². The number of hydrogen-bond acceptors (Lipinski definition) is 3. The highest BCUT2D eigenvalue weighted by molar-refractivity contribution is 5.92. The third-order valence-corrected chi connectivity index (χ3v) is 4.63. The van der Waals surface area contributed by atoms with Crippen molar-refractivity contribution in [3.05, 3.63) is 65.6 Å². The molecule has 0 radical (unpaired) electrons. The molecule has 0 amide bonds. The Morgan fingerprint density at radius 2 is 1.92 bits per heavy atom. The summed E-state index contributed by atoms with van der Waals surface area (Å²) in [6.07, 6.45) is 2.50. The van der Waals surface area contributed by atoms with Gasteiger partial charge in [-0.25, -0.2) is 4.39 Å². The molecular weight excluding hydrogens is 315 g/mol. The van der Waals surface area contributed by atoms with E-state index in [9.17, 15) is 4.39 Å². The Kier molecular flexibility index (Phi) is 4.26. The second kappa shape index (κ2) is 6.71. The van der Waals surface area contributed by atoms with E-state index in [1.807, 2.05) is 6.92 Å². The van der Waals surface area contributed by atoms with Crippen molar-refractivity contribution in [2.75, 3.05) is 18.0 Å². The Morgan fingerprint density at radius 3 is 2.72 bits per heavy atom. The van der Waals surface area contributed by atoms with Crippen LogP contribution in [0.4, 0.5) is 10.1 Å². The first-order chi connectivity index (χ1) is 12.2. The van der Waals surface area contributed by atoms with Crippen molar-refractivity contribution in [1.82, 2.24) is 4.98 Å². The topological polar surface area (TPSA) is 25.4 Å². The first kappa shape index (κ1) is 15.9. The van der Waals surface area contributed by atoms with Gasteiger partial charge in [0.25, 0.3) is 0 Å². The van der Waals surface area contributed by atoms with E-state index < -0.39 is 0 Å². The van der Waals surface area contributed by atoms with Crippen molar-refractivity contribution in [3.8, 4) is 5.75 Å². The maximum absolute atomic E-state index is 13.2. The molecule has 3 nitrogen and oxygen atoms in total. The molecule has 4 rings (SSSR count). The maximum Gasteiger partial charge on any atom is 0.126 e. The van der Waals surface area contributed by atoms with Crippen molar-refractivity contribution in [1.29, 1.82) is 0 Å². The van der Waals surface area contributed by atoms with Gasteiger partial charge in [0.1, 0.15) is 18.2 Å². The zero-order chi connectivity index (χ0) is 17.2. The van der Waals surface area contributed by atoms with Crippen LogP contribution in [0.2, 0.25) is 0 Å². The highest BCUT2D eigenvalue weighted by Crippen LogP contribution is 2.30. The number of nitrogens with zero attached hydrogens (tertiary/aromatic N) is 2. The molecule has 1 aliphatic rings. The van der Waals surface area contributed by atoms with Crippen LogP contribution < -0.4 is 9.64 Å². The fourth-order valence-corrected chi connectivity index (χ4v) is 3.42. The molecule has 0 saturated carbocycles. The summed E-state index contributed by atoms with van der Waals surface area (Å²) in [6.45, 7) is 4.66. The molecule has 1 fully saturated rings. The molecule has 128 valence electrons. The second-order valence-electron chi connectivity index (χ2n) is 6.57. The van der Waals surface area contributed by atoms with Crippen molar-refractivity contribution in [2.45, 2.75) is 26.4 Å². The van der Waals surface area contributed by atoms with Gasteiger partial charge in [0.15, 0.2) is 0 Å². The minimum Gasteiger partial charge on any atom is -0.489 e. The monoisotopic (exact) mass is 336 g/mol. The molecule has 2 aromatic carbocycles. The summed E-state index contributed by atoms with van der Waals surface area (Å²) in [4.78, 5) is 7.14. The normalized spacial score (nSPS) is 14.2. The molecule has 3 aromatic rings. The van der Waals surface area contributed by atoms with Gasteiger partial charge in [-0.05, 0) is 49.6 Å². The van der Waals surface area contributed by atoms with Gasteiger partial charge in [-0.15, -0.1) is 0 Å². The maximum atomic E-state index is 13.2. The van der Waals surface area contributed by atoms with Crippen molar-refractivity contribution >= 4 is 16.6 Å². The molecule has 1 aromatic heterocycles. The van der Waals surface area contributed by atoms with Gasteiger partial charge in [-0.3, -0.25) is 4.98 Å². The number of benzene rings is 2. The number of hydrogen-bond donors (Lipinski definition) is 0. The number of halogens is 1. The lowest BCUT2D eigenvalue weighted by atomic mass is 10.1. The molecule has 0 aliphatic carbocycles. The van der Waals surface area contributed by atoms with Crippen LogP contribution in [0.3, 0.4) is 0 Å². The molecule has 4 heteroatoms. The fourth-order valence-electron chi connectivity index (χ4n) is 3.42. The smallest absolute Gasteiger partial charge is 0.126 e. The minimum atomic E-state index is -0.288. The molecule has 0 bridgehead atoms. The number of ether oxygens (including phenoxy) is 1. The van der Waals surface area contributed by atoms with Crippen LogP contribution in [0.5, 0.6) is 5.75 Å². The van der Waals surface area contributed by atoms with Crippen LogP contribution in [-0.4, -0.2) is 18.1 Å². The van der Waals surface area contributed by atoms with E-state index in [1.165, 1.54) is 36.0 Å². The van der Waals surface area contributed by atoms with Gasteiger partial charge in [-0.1, -0.05) is 18.2 Å². The molecule has 0 atom stereocenters. The van der Waals surface area contributed by atoms with E-state index >= 15 is 0 Å². The molecule has 1 aliphatic heterocycles. The minimum absolute atomic E-state index is 0.288. The SMILES string of the molecule is Cc1cc(N2CCCC2)c2ccc(COc3cccc(F)c3)cc2n1. The van der Waals surface area contributed by atoms with Gasteiger partial charge >= 0.3 is 0 Å². The van der Waals surface area contributed by atoms with E-state index in [1.54, 1.807) is 12.1 Å². The van der Waals surface area contributed by atoms with E-state index in [-0.39, 0.29) is 5.82 Å². The Morgan fingerprint density at radius 1 is 1.08 bits per heavy atom. The Hall–Kier alpha value is -2.62. The first-order valence-electron chi connectivity index (χ1n) is 8.73. The first-order valence-corrected chi connectivity index (χ1v) is 8.73. The van der Waals surface area contributed by atoms with Crippen molar-refractivity contribution in [2.24, 2.45) is 0 Å². The van der Waals surface area contributed by atoms with E-state index in [0.29, 0.717) is 12.4 Å². The Bertz CT molecular complexity index is 904. The number of aromatic nitrogens is 1. The summed E-state index contributed by atoms with van der Waals surface area (Å²) in [5, 5.41) is 1.18. The largest absolute Gasteiger partial charge is 0.489 e. The average Bonchev–Trinajstić information content (AvgIpc) is 3.13. The van der Waals surface area contributed by atoms with Crippen LogP contribution in [0, 0.1) is 12.7 Å². The van der Waals surface area contributed by atoms with Gasteiger partial charge < -0.3 is 9.64 Å². The van der Waals surface area contributed by atoms with Crippen LogP contribution >= 0.6 is 0 Å². The van der Waals surface area contributed by atoms with E-state index in [2.05, 4.69) is 29.2 Å². The molecule has 0 spiro atoms. The summed E-state index contributed by atoms with van der Waals surface area (Å²) < 4.78 is 18.9. The quantitative estimate of drug-likeness (QED) is 0.680. The third kappa shape index (κ3) is 3.43. The van der Waals surface area contributed by atoms with Crippen LogP contribution in [0.25, 0.3) is 10.9 Å². The predicted octanol–water partition coefficient (Wildman–Crippen LogP) is 4.86. The molecule has 1 saturated heterocycles. The average molecular weight is 336 g/mol. The zero-order valence-corrected chi connectivity index (χ0v) is 14.3. The number of aryl methyl sites for hydroxylation is 1. The van der Waals surface area contributed by atoms with Crippen LogP contribution in [-0.2, 0) is 6.61 Å². The predicted molar refractivity (Wildman–Crippen MR) is 98.7 cm³/mol. The van der Waals surface area contributed by atoms with E-state index in [0.717, 1.165) is 29.9 Å².